The third-order valence-corrected chi connectivity index (χ3v) is 4.31. The third-order valence-electron chi connectivity index (χ3n) is 3.50. The smallest absolute Gasteiger partial charge is 0.431 e. The Morgan fingerprint density at radius 3 is 2.48 bits per heavy atom. The molecule has 0 atom stereocenters. The third kappa shape index (κ3) is 8.51. The summed E-state index contributed by atoms with van der Waals surface area (Å²) in [6.07, 6.45) is -1.07. The van der Waals surface area contributed by atoms with E-state index in [9.17, 15) is 14.4 Å². The van der Waals surface area contributed by atoms with Gasteiger partial charge in [0.2, 0.25) is 5.91 Å². The Labute approximate surface area is 184 Å². The summed E-state index contributed by atoms with van der Waals surface area (Å²) in [7, 11) is 0. The van der Waals surface area contributed by atoms with Crippen LogP contribution in [0.3, 0.4) is 0 Å². The fourth-order valence-electron chi connectivity index (χ4n) is 2.29. The van der Waals surface area contributed by atoms with Gasteiger partial charge >= 0.3 is 12.2 Å². The van der Waals surface area contributed by atoms with Crippen LogP contribution in [0.5, 0.6) is 11.5 Å². The highest BCUT2D eigenvalue weighted by Gasteiger charge is 2.17. The number of amides is 3. The lowest BCUT2D eigenvalue weighted by Crippen LogP contribution is -2.45. The number of hydrogen-bond donors (Lipinski definition) is 3. The molecular weight excluding hydrogens is 424 g/mol. The molecule has 3 N–H and O–H groups in total. The first-order valence-electron chi connectivity index (χ1n) is 9.50. The molecule has 31 heavy (non-hydrogen) atoms. The summed E-state index contributed by atoms with van der Waals surface area (Å²) < 4.78 is 16.0. The van der Waals surface area contributed by atoms with Gasteiger partial charge in [-0.05, 0) is 51.0 Å². The van der Waals surface area contributed by atoms with Crippen molar-refractivity contribution in [3.05, 3.63) is 34.8 Å². The summed E-state index contributed by atoms with van der Waals surface area (Å²) in [5.74, 6) is 0.723. The van der Waals surface area contributed by atoms with Gasteiger partial charge in [0.1, 0.15) is 23.7 Å². The van der Waals surface area contributed by atoms with E-state index in [1.165, 1.54) is 18.3 Å². The average Bonchev–Trinajstić information content (AvgIpc) is 3.10. The van der Waals surface area contributed by atoms with Crippen molar-refractivity contribution in [1.82, 2.24) is 15.8 Å². The first kappa shape index (κ1) is 23.9. The number of nitrogens with one attached hydrogen (secondary N) is 3. The first-order chi connectivity index (χ1) is 14.6. The van der Waals surface area contributed by atoms with Gasteiger partial charge in [-0.3, -0.25) is 4.79 Å². The minimum atomic E-state index is -0.859. The van der Waals surface area contributed by atoms with Gasteiger partial charge in [-0.1, -0.05) is 6.92 Å². The highest BCUT2D eigenvalue weighted by molar-refractivity contribution is 7.13. The van der Waals surface area contributed by atoms with E-state index >= 15 is 0 Å². The predicted molar refractivity (Wildman–Crippen MR) is 115 cm³/mol. The van der Waals surface area contributed by atoms with Crippen molar-refractivity contribution in [3.8, 4) is 11.5 Å². The molecule has 0 saturated carbocycles. The molecule has 1 heterocycles. The number of benzene rings is 1. The lowest BCUT2D eigenvalue weighted by molar-refractivity contribution is -0.114. The topological polar surface area (TPSA) is 128 Å². The molecule has 10 nitrogen and oxygen atoms in total. The summed E-state index contributed by atoms with van der Waals surface area (Å²) in [6.45, 7) is 8.67. The van der Waals surface area contributed by atoms with Gasteiger partial charge in [-0.15, -0.1) is 11.3 Å². The standard InChI is InChI=1S/C20H26N4O6S/c1-6-13-9-15(28-10-14-11-31-17(22-14)21-12(2)25)7-8-16(13)29-18(26)23-24-19(27)30-20(3,4)5/h7-9,11H,6,10H2,1-5H3,(H,23,26)(H,24,27)(H,21,22,25). The first-order valence-corrected chi connectivity index (χ1v) is 10.4. The normalized spacial score (nSPS) is 10.7. The van der Waals surface area contributed by atoms with Crippen LogP contribution in [-0.4, -0.2) is 28.7 Å². The summed E-state index contributed by atoms with van der Waals surface area (Å²) >= 11 is 1.31. The predicted octanol–water partition coefficient (Wildman–Crippen LogP) is 3.77. The monoisotopic (exact) mass is 450 g/mol. The largest absolute Gasteiger partial charge is 0.487 e. The molecule has 2 aromatic rings. The van der Waals surface area contributed by atoms with E-state index in [1.807, 2.05) is 6.92 Å². The lowest BCUT2D eigenvalue weighted by Gasteiger charge is -2.19. The minimum absolute atomic E-state index is 0.185. The number of hydrogen-bond acceptors (Lipinski definition) is 8. The molecule has 0 fully saturated rings. The van der Waals surface area contributed by atoms with Gasteiger partial charge in [-0.25, -0.2) is 25.4 Å². The number of nitrogens with zero attached hydrogens (tertiary/aromatic N) is 1. The lowest BCUT2D eigenvalue weighted by atomic mass is 10.1. The molecule has 0 aliphatic rings. The second-order valence-corrected chi connectivity index (χ2v) is 8.24. The van der Waals surface area contributed by atoms with Gasteiger partial charge in [-0.2, -0.15) is 0 Å². The van der Waals surface area contributed by atoms with Gasteiger partial charge in [0, 0.05) is 12.3 Å². The molecule has 0 saturated heterocycles. The van der Waals surface area contributed by atoms with Gasteiger partial charge < -0.3 is 19.5 Å². The number of ether oxygens (including phenoxy) is 3. The zero-order valence-corrected chi connectivity index (χ0v) is 18.8. The SMILES string of the molecule is CCc1cc(OCc2csc(NC(C)=O)n2)ccc1OC(=O)NNC(=O)OC(C)(C)C. The summed E-state index contributed by atoms with van der Waals surface area (Å²) in [5, 5.41) is 4.93. The van der Waals surface area contributed by atoms with E-state index < -0.39 is 17.8 Å². The number of hydrazine groups is 1. The summed E-state index contributed by atoms with van der Waals surface area (Å²) in [5.41, 5.74) is 4.97. The molecule has 3 amide bonds. The Bertz CT molecular complexity index is 938. The number of rotatable bonds is 6. The van der Waals surface area contributed by atoms with Crippen LogP contribution in [0.4, 0.5) is 14.7 Å². The number of carbonyl (C=O) groups excluding carboxylic acids is 3. The molecule has 0 aliphatic heterocycles. The van der Waals surface area contributed by atoms with E-state index in [2.05, 4.69) is 21.2 Å². The van der Waals surface area contributed by atoms with E-state index in [0.29, 0.717) is 28.7 Å². The van der Waals surface area contributed by atoms with Crippen molar-refractivity contribution < 1.29 is 28.6 Å². The van der Waals surface area contributed by atoms with Crippen LogP contribution in [0, 0.1) is 0 Å². The van der Waals surface area contributed by atoms with Crippen LogP contribution < -0.4 is 25.6 Å². The summed E-state index contributed by atoms with van der Waals surface area (Å²) in [4.78, 5) is 38.9. The molecule has 2 rings (SSSR count). The van der Waals surface area contributed by atoms with Crippen LogP contribution in [0.25, 0.3) is 0 Å². The van der Waals surface area contributed by atoms with Gasteiger partial charge in [0.25, 0.3) is 0 Å². The maximum absolute atomic E-state index is 12.0. The fraction of sp³-hybridized carbons (Fsp3) is 0.400. The Morgan fingerprint density at radius 1 is 1.13 bits per heavy atom. The maximum atomic E-state index is 12.0. The van der Waals surface area contributed by atoms with Crippen LogP contribution in [0.2, 0.25) is 0 Å². The van der Waals surface area contributed by atoms with Crippen molar-refractivity contribution in [2.24, 2.45) is 0 Å². The van der Waals surface area contributed by atoms with Gasteiger partial charge in [0.15, 0.2) is 5.13 Å². The average molecular weight is 451 g/mol. The Kier molecular flexibility index (Phi) is 8.20. The van der Waals surface area contributed by atoms with Crippen molar-refractivity contribution in [2.75, 3.05) is 5.32 Å². The van der Waals surface area contributed by atoms with Crippen molar-refractivity contribution in [2.45, 2.75) is 53.2 Å². The molecule has 0 spiro atoms. The van der Waals surface area contributed by atoms with E-state index in [4.69, 9.17) is 14.2 Å². The van der Waals surface area contributed by atoms with Crippen LogP contribution in [0.15, 0.2) is 23.6 Å². The van der Waals surface area contributed by atoms with Crippen molar-refractivity contribution in [1.29, 1.82) is 0 Å². The van der Waals surface area contributed by atoms with Gasteiger partial charge in [0.05, 0.1) is 5.69 Å². The summed E-state index contributed by atoms with van der Waals surface area (Å²) in [6, 6.07) is 5.01. The van der Waals surface area contributed by atoms with E-state index in [1.54, 1.807) is 44.4 Å². The highest BCUT2D eigenvalue weighted by Crippen LogP contribution is 2.26. The number of aryl methyl sites for hydroxylation is 1. The molecule has 11 heteroatoms. The zero-order valence-electron chi connectivity index (χ0n) is 18.0. The minimum Gasteiger partial charge on any atom is -0.487 e. The van der Waals surface area contributed by atoms with Crippen LogP contribution in [0.1, 0.15) is 45.9 Å². The molecule has 1 aromatic heterocycles. The number of thiazole rings is 1. The highest BCUT2D eigenvalue weighted by atomic mass is 32.1. The quantitative estimate of drug-likeness (QED) is 0.572. The second kappa shape index (κ2) is 10.6. The zero-order chi connectivity index (χ0) is 23.0. The van der Waals surface area contributed by atoms with Crippen molar-refractivity contribution >= 4 is 34.6 Å². The molecule has 0 bridgehead atoms. The molecule has 0 radical (unpaired) electrons. The molecule has 0 unspecified atom stereocenters. The molecule has 0 aliphatic carbocycles. The number of carbonyl (C=O) groups is 3. The Balaban J connectivity index is 1.90. The van der Waals surface area contributed by atoms with Crippen LogP contribution >= 0.6 is 11.3 Å². The maximum Gasteiger partial charge on any atom is 0.431 e. The van der Waals surface area contributed by atoms with E-state index in [0.717, 1.165) is 5.56 Å². The Morgan fingerprint density at radius 2 is 1.84 bits per heavy atom. The molecule has 168 valence electrons. The fourth-order valence-corrected chi connectivity index (χ4v) is 3.03. The van der Waals surface area contributed by atoms with Crippen molar-refractivity contribution in [3.63, 3.8) is 0 Å². The second-order valence-electron chi connectivity index (χ2n) is 7.38. The van der Waals surface area contributed by atoms with E-state index in [-0.39, 0.29) is 12.5 Å². The number of anilines is 1. The molecule has 1 aromatic carbocycles. The van der Waals surface area contributed by atoms with Crippen LogP contribution in [-0.2, 0) is 22.6 Å². The Hall–Kier alpha value is -3.34. The number of aromatic nitrogens is 1. The molecular formula is C20H26N4O6S.